The Kier molecular flexibility index (Phi) is 7.69. The molecule has 0 saturated carbocycles. The first-order valence-electron chi connectivity index (χ1n) is 7.50. The average Bonchev–Trinajstić information content (AvgIpc) is 2.51. The third-order valence-electron chi connectivity index (χ3n) is 3.60. The smallest absolute Gasteiger partial charge is 0.0983 e. The van der Waals surface area contributed by atoms with E-state index in [1.54, 1.807) is 0 Å². The van der Waals surface area contributed by atoms with E-state index in [9.17, 15) is 10.4 Å². The molecule has 0 aliphatic heterocycles. The van der Waals surface area contributed by atoms with Crippen molar-refractivity contribution in [2.75, 3.05) is 6.61 Å². The molecule has 0 radical (unpaired) electrons. The molecule has 0 unspecified atom stereocenters. The summed E-state index contributed by atoms with van der Waals surface area (Å²) in [5.74, 6) is 0. The van der Waals surface area contributed by atoms with Crippen molar-refractivity contribution in [2.45, 2.75) is 45.4 Å². The summed E-state index contributed by atoms with van der Waals surface area (Å²) in [5.41, 5.74) is 0.670. The Hall–Kier alpha value is -1.59. The van der Waals surface area contributed by atoms with Crippen LogP contribution < -0.4 is 0 Å². The van der Waals surface area contributed by atoms with Gasteiger partial charge in [-0.15, -0.1) is 0 Å². The zero-order valence-electron chi connectivity index (χ0n) is 12.4. The normalized spacial score (nSPS) is 14.1. The van der Waals surface area contributed by atoms with E-state index in [4.69, 9.17) is 0 Å². The van der Waals surface area contributed by atoms with E-state index >= 15 is 0 Å². The zero-order valence-corrected chi connectivity index (χ0v) is 12.4. The van der Waals surface area contributed by atoms with E-state index in [0.717, 1.165) is 38.5 Å². The molecular weight excluding hydrogens is 246 g/mol. The highest BCUT2D eigenvalue weighted by Gasteiger charge is 2.24. The summed E-state index contributed by atoms with van der Waals surface area (Å²) in [6, 6.07) is 12.7. The molecule has 0 heterocycles. The molecule has 2 nitrogen and oxygen atoms in total. The molecule has 2 heteroatoms. The Morgan fingerprint density at radius 2 is 2.00 bits per heavy atom. The maximum Gasteiger partial charge on any atom is 0.0983 e. The predicted octanol–water partition coefficient (Wildman–Crippen LogP) is 4.26. The number of hydrogen-bond donors (Lipinski definition) is 1. The molecular formula is C18H25NO. The number of nitrogens with zero attached hydrogens (tertiary/aromatic N) is 1. The molecule has 0 aliphatic carbocycles. The number of benzene rings is 1. The summed E-state index contributed by atoms with van der Waals surface area (Å²) in [4.78, 5) is 0. The van der Waals surface area contributed by atoms with Crippen molar-refractivity contribution in [3.05, 3.63) is 48.0 Å². The van der Waals surface area contributed by atoms with E-state index in [0.29, 0.717) is 0 Å². The van der Waals surface area contributed by atoms with Crippen LogP contribution in [0.3, 0.4) is 0 Å². The lowest BCUT2D eigenvalue weighted by atomic mass is 9.84. The van der Waals surface area contributed by atoms with Crippen molar-refractivity contribution >= 4 is 0 Å². The van der Waals surface area contributed by atoms with Crippen LogP contribution in [0.4, 0.5) is 0 Å². The largest absolute Gasteiger partial charge is 0.394 e. The first-order valence-corrected chi connectivity index (χ1v) is 7.50. The van der Waals surface area contributed by atoms with Gasteiger partial charge in [0.1, 0.15) is 0 Å². The van der Waals surface area contributed by atoms with Crippen LogP contribution in [0.1, 0.15) is 44.6 Å². The third kappa shape index (κ3) is 5.59. The maximum atomic E-state index is 9.46. The van der Waals surface area contributed by atoms with Gasteiger partial charge in [0.2, 0.25) is 0 Å². The van der Waals surface area contributed by atoms with Gasteiger partial charge in [0.15, 0.2) is 0 Å². The Morgan fingerprint density at radius 3 is 2.60 bits per heavy atom. The Morgan fingerprint density at radius 1 is 1.25 bits per heavy atom. The van der Waals surface area contributed by atoms with E-state index < -0.39 is 5.41 Å². The van der Waals surface area contributed by atoms with E-state index in [-0.39, 0.29) is 6.61 Å². The molecule has 0 aliphatic rings. The van der Waals surface area contributed by atoms with Crippen LogP contribution in [0, 0.1) is 16.7 Å². The molecule has 1 rings (SSSR count). The predicted molar refractivity (Wildman–Crippen MR) is 83.2 cm³/mol. The van der Waals surface area contributed by atoms with Gasteiger partial charge in [-0.3, -0.25) is 0 Å². The number of nitriles is 1. The summed E-state index contributed by atoms with van der Waals surface area (Å²) < 4.78 is 0. The van der Waals surface area contributed by atoms with E-state index in [1.165, 1.54) is 5.56 Å². The molecule has 1 aromatic carbocycles. The number of rotatable bonds is 9. The quantitative estimate of drug-likeness (QED) is 0.539. The monoisotopic (exact) mass is 271 g/mol. The van der Waals surface area contributed by atoms with Crippen LogP contribution in [0.2, 0.25) is 0 Å². The van der Waals surface area contributed by atoms with Crippen molar-refractivity contribution in [2.24, 2.45) is 5.41 Å². The summed E-state index contributed by atoms with van der Waals surface area (Å²) >= 11 is 0. The van der Waals surface area contributed by atoms with Crippen molar-refractivity contribution in [3.8, 4) is 6.07 Å². The van der Waals surface area contributed by atoms with Crippen LogP contribution >= 0.6 is 0 Å². The fourth-order valence-electron chi connectivity index (χ4n) is 2.21. The summed E-state index contributed by atoms with van der Waals surface area (Å²) in [6.07, 6.45) is 9.80. The van der Waals surface area contributed by atoms with Crippen LogP contribution in [-0.4, -0.2) is 11.7 Å². The molecule has 0 aromatic heterocycles. The first-order chi connectivity index (χ1) is 9.76. The van der Waals surface area contributed by atoms with E-state index in [1.807, 2.05) is 12.1 Å². The molecule has 1 N–H and O–H groups in total. The molecule has 0 spiro atoms. The second-order valence-electron chi connectivity index (χ2n) is 5.31. The van der Waals surface area contributed by atoms with Crippen molar-refractivity contribution < 1.29 is 5.11 Å². The lowest BCUT2D eigenvalue weighted by molar-refractivity contribution is 0.200. The van der Waals surface area contributed by atoms with Gasteiger partial charge in [-0.2, -0.15) is 5.26 Å². The van der Waals surface area contributed by atoms with Crippen LogP contribution in [0.25, 0.3) is 0 Å². The van der Waals surface area contributed by atoms with Crippen molar-refractivity contribution in [1.82, 2.24) is 0 Å². The van der Waals surface area contributed by atoms with Gasteiger partial charge < -0.3 is 5.11 Å². The van der Waals surface area contributed by atoms with Gasteiger partial charge in [-0.1, -0.05) is 62.2 Å². The lowest BCUT2D eigenvalue weighted by Gasteiger charge is -2.19. The van der Waals surface area contributed by atoms with Gasteiger partial charge in [-0.25, -0.2) is 0 Å². The van der Waals surface area contributed by atoms with Gasteiger partial charge in [0, 0.05) is 0 Å². The fourth-order valence-corrected chi connectivity index (χ4v) is 2.21. The SMILES string of the molecule is CCCC[C@@](C#N)(/C=C/CCCc1ccccc1)CO. The van der Waals surface area contributed by atoms with E-state index in [2.05, 4.69) is 43.3 Å². The molecule has 0 saturated heterocycles. The summed E-state index contributed by atoms with van der Waals surface area (Å²) in [5, 5.41) is 18.7. The Bertz CT molecular complexity index is 432. The van der Waals surface area contributed by atoms with Crippen molar-refractivity contribution in [3.63, 3.8) is 0 Å². The first kappa shape index (κ1) is 16.5. The Balaban J connectivity index is 2.39. The van der Waals surface area contributed by atoms with Crippen LogP contribution in [0.15, 0.2) is 42.5 Å². The minimum atomic E-state index is -0.678. The molecule has 108 valence electrons. The number of allylic oxidation sites excluding steroid dienone is 1. The lowest BCUT2D eigenvalue weighted by Crippen LogP contribution is -2.20. The maximum absolute atomic E-state index is 9.46. The van der Waals surface area contributed by atoms with Gasteiger partial charge in [-0.05, 0) is 31.2 Å². The van der Waals surface area contributed by atoms with Crippen LogP contribution in [0.5, 0.6) is 0 Å². The number of hydrogen-bond acceptors (Lipinski definition) is 2. The minimum absolute atomic E-state index is 0.0846. The molecule has 0 fully saturated rings. The second kappa shape index (κ2) is 9.34. The minimum Gasteiger partial charge on any atom is -0.394 e. The molecule has 20 heavy (non-hydrogen) atoms. The average molecular weight is 271 g/mol. The number of aliphatic hydroxyl groups excluding tert-OH is 1. The van der Waals surface area contributed by atoms with Gasteiger partial charge in [0.25, 0.3) is 0 Å². The van der Waals surface area contributed by atoms with Crippen molar-refractivity contribution in [1.29, 1.82) is 5.26 Å². The summed E-state index contributed by atoms with van der Waals surface area (Å²) in [7, 11) is 0. The number of unbranched alkanes of at least 4 members (excludes halogenated alkanes) is 2. The highest BCUT2D eigenvalue weighted by Crippen LogP contribution is 2.25. The second-order valence-corrected chi connectivity index (χ2v) is 5.31. The molecule has 1 aromatic rings. The third-order valence-corrected chi connectivity index (χ3v) is 3.60. The highest BCUT2D eigenvalue weighted by atomic mass is 16.3. The highest BCUT2D eigenvalue weighted by molar-refractivity contribution is 5.15. The van der Waals surface area contributed by atoms with Gasteiger partial charge >= 0.3 is 0 Å². The fraction of sp³-hybridized carbons (Fsp3) is 0.500. The number of aryl methyl sites for hydroxylation is 1. The Labute approximate surface area is 122 Å². The zero-order chi connectivity index (χ0) is 14.7. The standard InChI is InChI=1S/C18H25NO/c1-2-3-13-18(15-19,16-20)14-9-5-8-12-17-10-6-4-7-11-17/h4,6-7,9-11,14,20H,2-3,5,8,12-13,16H2,1H3/b14-9+/t18-/m0/s1. The molecule has 0 amide bonds. The summed E-state index contributed by atoms with van der Waals surface area (Å²) in [6.45, 7) is 2.02. The molecule has 1 atom stereocenters. The number of aliphatic hydroxyl groups is 1. The topological polar surface area (TPSA) is 44.0 Å². The van der Waals surface area contributed by atoms with Gasteiger partial charge in [0.05, 0.1) is 18.1 Å². The van der Waals surface area contributed by atoms with Crippen LogP contribution in [-0.2, 0) is 6.42 Å². The molecule has 0 bridgehead atoms.